The number of aliphatic hydroxyl groups is 2. The van der Waals surface area contributed by atoms with Gasteiger partial charge >= 0.3 is 0 Å². The van der Waals surface area contributed by atoms with Gasteiger partial charge in [-0.2, -0.15) is 0 Å². The molecule has 2 atom stereocenters. The summed E-state index contributed by atoms with van der Waals surface area (Å²) in [7, 11) is 3.51. The van der Waals surface area contributed by atoms with E-state index >= 15 is 0 Å². The van der Waals surface area contributed by atoms with Gasteiger partial charge in [0.1, 0.15) is 5.75 Å². The summed E-state index contributed by atoms with van der Waals surface area (Å²) in [5.41, 5.74) is 1.58. The standard InChI is InChI=1S/C18H28N2O4/c1-13-4-5-17(24-3)16(8-13)18(23)20-10-14(15(11-20)12-22)9-19(2)6-7-21/h4-5,8,14-15,21-22H,6-7,9-12H2,1-3H3/t14-,15-/m1/s1. The highest BCUT2D eigenvalue weighted by atomic mass is 16.5. The maximum atomic E-state index is 12.9. The van der Waals surface area contributed by atoms with Crippen molar-refractivity contribution < 1.29 is 19.7 Å². The van der Waals surface area contributed by atoms with Crippen molar-refractivity contribution in [1.82, 2.24) is 9.80 Å². The first-order valence-corrected chi connectivity index (χ1v) is 8.34. The average Bonchev–Trinajstić information content (AvgIpc) is 2.97. The molecule has 0 spiro atoms. The molecule has 1 amide bonds. The number of rotatable bonds is 7. The highest BCUT2D eigenvalue weighted by Crippen LogP contribution is 2.28. The van der Waals surface area contributed by atoms with Crippen LogP contribution >= 0.6 is 0 Å². The quantitative estimate of drug-likeness (QED) is 0.763. The smallest absolute Gasteiger partial charge is 0.257 e. The summed E-state index contributed by atoms with van der Waals surface area (Å²) in [6, 6.07) is 5.58. The fourth-order valence-electron chi connectivity index (χ4n) is 3.34. The van der Waals surface area contributed by atoms with Gasteiger partial charge < -0.3 is 24.7 Å². The number of carbonyl (C=O) groups excluding carboxylic acids is 1. The topological polar surface area (TPSA) is 73.2 Å². The lowest BCUT2D eigenvalue weighted by Gasteiger charge is -2.23. The zero-order chi connectivity index (χ0) is 17.7. The van der Waals surface area contributed by atoms with Gasteiger partial charge in [-0.05, 0) is 32.0 Å². The van der Waals surface area contributed by atoms with Gasteiger partial charge in [-0.1, -0.05) is 11.6 Å². The molecule has 2 rings (SSSR count). The van der Waals surface area contributed by atoms with Crippen molar-refractivity contribution in [2.45, 2.75) is 6.92 Å². The first kappa shape index (κ1) is 18.7. The van der Waals surface area contributed by atoms with Gasteiger partial charge in [0, 0.05) is 38.7 Å². The largest absolute Gasteiger partial charge is 0.496 e. The number of aliphatic hydroxyl groups excluding tert-OH is 2. The second kappa shape index (κ2) is 8.46. The molecule has 0 unspecified atom stereocenters. The highest BCUT2D eigenvalue weighted by molar-refractivity contribution is 5.97. The number of amides is 1. The van der Waals surface area contributed by atoms with Crippen molar-refractivity contribution >= 4 is 5.91 Å². The van der Waals surface area contributed by atoms with E-state index in [1.54, 1.807) is 12.0 Å². The molecule has 1 aromatic carbocycles. The van der Waals surface area contributed by atoms with Crippen LogP contribution in [0.2, 0.25) is 0 Å². The number of nitrogens with zero attached hydrogens (tertiary/aromatic N) is 2. The molecule has 134 valence electrons. The Morgan fingerprint density at radius 3 is 2.67 bits per heavy atom. The van der Waals surface area contributed by atoms with Crippen molar-refractivity contribution in [2.24, 2.45) is 11.8 Å². The molecule has 24 heavy (non-hydrogen) atoms. The molecule has 2 N–H and O–H groups in total. The Morgan fingerprint density at radius 1 is 1.33 bits per heavy atom. The van der Waals surface area contributed by atoms with Crippen molar-refractivity contribution in [3.05, 3.63) is 29.3 Å². The van der Waals surface area contributed by atoms with Gasteiger partial charge in [-0.15, -0.1) is 0 Å². The predicted molar refractivity (Wildman–Crippen MR) is 92.3 cm³/mol. The number of ether oxygens (including phenoxy) is 1. The molecule has 1 aliphatic heterocycles. The number of methoxy groups -OCH3 is 1. The van der Waals surface area contributed by atoms with Gasteiger partial charge in [0.15, 0.2) is 0 Å². The van der Waals surface area contributed by atoms with Gasteiger partial charge in [0.25, 0.3) is 5.91 Å². The lowest BCUT2D eigenvalue weighted by molar-refractivity contribution is 0.0775. The van der Waals surface area contributed by atoms with Gasteiger partial charge in [-0.25, -0.2) is 0 Å². The minimum absolute atomic E-state index is 0.0543. The molecule has 0 saturated carbocycles. The third-order valence-electron chi connectivity index (χ3n) is 4.71. The van der Waals surface area contributed by atoms with Crippen molar-refractivity contribution in [1.29, 1.82) is 0 Å². The van der Waals surface area contributed by atoms with E-state index in [2.05, 4.69) is 0 Å². The molecule has 1 fully saturated rings. The van der Waals surface area contributed by atoms with Crippen molar-refractivity contribution in [2.75, 3.05) is 53.6 Å². The van der Waals surface area contributed by atoms with E-state index in [-0.39, 0.29) is 31.0 Å². The minimum Gasteiger partial charge on any atom is -0.496 e. The molecular formula is C18H28N2O4. The van der Waals surface area contributed by atoms with Crippen LogP contribution in [0, 0.1) is 18.8 Å². The van der Waals surface area contributed by atoms with E-state index in [0.29, 0.717) is 30.9 Å². The fourth-order valence-corrected chi connectivity index (χ4v) is 3.34. The summed E-state index contributed by atoms with van der Waals surface area (Å²) in [5.74, 6) is 0.783. The molecule has 6 heteroatoms. The Morgan fingerprint density at radius 2 is 2.04 bits per heavy atom. The van der Waals surface area contributed by atoms with Crippen LogP contribution in [-0.2, 0) is 0 Å². The van der Waals surface area contributed by atoms with Crippen LogP contribution in [0.25, 0.3) is 0 Å². The van der Waals surface area contributed by atoms with Crippen molar-refractivity contribution in [3.63, 3.8) is 0 Å². The SMILES string of the molecule is COc1ccc(C)cc1C(=O)N1C[C@@H](CN(C)CCO)[C@@H](CO)C1. The van der Waals surface area contributed by atoms with Crippen LogP contribution in [0.15, 0.2) is 18.2 Å². The van der Waals surface area contributed by atoms with E-state index in [4.69, 9.17) is 9.84 Å². The third-order valence-corrected chi connectivity index (χ3v) is 4.71. The molecule has 0 aliphatic carbocycles. The predicted octanol–water partition coefficient (Wildman–Crippen LogP) is 0.608. The Bertz CT molecular complexity index is 564. The second-order valence-corrected chi connectivity index (χ2v) is 6.60. The number of likely N-dealkylation sites (N-methyl/N-ethyl adjacent to an activating group) is 1. The van der Waals surface area contributed by atoms with E-state index < -0.39 is 0 Å². The lowest BCUT2D eigenvalue weighted by atomic mass is 9.96. The molecule has 0 aromatic heterocycles. The number of hydrogen-bond acceptors (Lipinski definition) is 5. The maximum Gasteiger partial charge on any atom is 0.257 e. The fraction of sp³-hybridized carbons (Fsp3) is 0.611. The number of likely N-dealkylation sites (tertiary alicyclic amines) is 1. The summed E-state index contributed by atoms with van der Waals surface area (Å²) in [4.78, 5) is 16.7. The first-order valence-electron chi connectivity index (χ1n) is 8.34. The van der Waals surface area contributed by atoms with Crippen LogP contribution in [0.5, 0.6) is 5.75 Å². The molecule has 1 heterocycles. The number of carbonyl (C=O) groups is 1. The number of aryl methyl sites for hydroxylation is 1. The molecular weight excluding hydrogens is 308 g/mol. The van der Waals surface area contributed by atoms with E-state index in [9.17, 15) is 9.90 Å². The molecule has 1 saturated heterocycles. The number of hydrogen-bond donors (Lipinski definition) is 2. The Labute approximate surface area is 143 Å². The Balaban J connectivity index is 2.12. The summed E-state index contributed by atoms with van der Waals surface area (Å²) >= 11 is 0. The van der Waals surface area contributed by atoms with E-state index in [0.717, 1.165) is 12.1 Å². The van der Waals surface area contributed by atoms with E-state index in [1.807, 2.05) is 37.1 Å². The van der Waals surface area contributed by atoms with Crippen LogP contribution in [0.1, 0.15) is 15.9 Å². The van der Waals surface area contributed by atoms with Crippen LogP contribution < -0.4 is 4.74 Å². The first-order chi connectivity index (χ1) is 11.5. The minimum atomic E-state index is -0.0543. The molecule has 1 aliphatic rings. The molecule has 6 nitrogen and oxygen atoms in total. The summed E-state index contributed by atoms with van der Waals surface area (Å²) in [6.07, 6.45) is 0. The molecule has 0 radical (unpaired) electrons. The number of benzene rings is 1. The maximum absolute atomic E-state index is 12.9. The Kier molecular flexibility index (Phi) is 6.60. The monoisotopic (exact) mass is 336 g/mol. The highest BCUT2D eigenvalue weighted by Gasteiger charge is 2.36. The van der Waals surface area contributed by atoms with Crippen LogP contribution in [-0.4, -0.2) is 79.5 Å². The van der Waals surface area contributed by atoms with Crippen LogP contribution in [0.3, 0.4) is 0 Å². The van der Waals surface area contributed by atoms with Gasteiger partial charge in [0.05, 0.1) is 19.3 Å². The summed E-state index contributed by atoms with van der Waals surface area (Å²) in [6.45, 7) is 4.61. The normalized spacial score (nSPS) is 20.7. The summed E-state index contributed by atoms with van der Waals surface area (Å²) in [5, 5.41) is 18.7. The zero-order valence-corrected chi connectivity index (χ0v) is 14.7. The Hall–Kier alpha value is -1.63. The second-order valence-electron chi connectivity index (χ2n) is 6.60. The third kappa shape index (κ3) is 4.26. The molecule has 0 bridgehead atoms. The van der Waals surface area contributed by atoms with Gasteiger partial charge in [-0.3, -0.25) is 4.79 Å². The zero-order valence-electron chi connectivity index (χ0n) is 14.7. The average molecular weight is 336 g/mol. The van der Waals surface area contributed by atoms with E-state index in [1.165, 1.54) is 0 Å². The molecule has 1 aromatic rings. The van der Waals surface area contributed by atoms with Gasteiger partial charge in [0.2, 0.25) is 0 Å². The van der Waals surface area contributed by atoms with Crippen molar-refractivity contribution in [3.8, 4) is 5.75 Å². The summed E-state index contributed by atoms with van der Waals surface area (Å²) < 4.78 is 5.32. The lowest BCUT2D eigenvalue weighted by Crippen LogP contribution is -2.33. The van der Waals surface area contributed by atoms with Crippen LogP contribution in [0.4, 0.5) is 0 Å².